The van der Waals surface area contributed by atoms with Crippen LogP contribution in [0, 0.1) is 17.8 Å². The molecule has 2 bridgehead atoms. The van der Waals surface area contributed by atoms with E-state index in [0.29, 0.717) is 29.8 Å². The zero-order valence-electron chi connectivity index (χ0n) is 16.7. The maximum absolute atomic E-state index is 13.0. The molecule has 6 heteroatoms. The molecule has 4 fully saturated rings. The molecule has 4 atom stereocenters. The number of fused-ring (bicyclic) bond motifs is 4. The first-order valence-electron chi connectivity index (χ1n) is 11.3. The fraction of sp³-hybridized carbons (Fsp3) is 0.773. The molecule has 4 heterocycles. The Bertz CT molecular complexity index is 772. The summed E-state index contributed by atoms with van der Waals surface area (Å²) in [7, 11) is 0. The predicted molar refractivity (Wildman–Crippen MR) is 108 cm³/mol. The molecule has 0 spiro atoms. The van der Waals surface area contributed by atoms with Gasteiger partial charge in [0, 0.05) is 37.7 Å². The quantitative estimate of drug-likeness (QED) is 0.870. The molecule has 3 aliphatic heterocycles. The van der Waals surface area contributed by atoms with Gasteiger partial charge < -0.3 is 14.8 Å². The number of H-pyrrole nitrogens is 1. The maximum atomic E-state index is 13.0. The van der Waals surface area contributed by atoms with E-state index in [4.69, 9.17) is 0 Å². The van der Waals surface area contributed by atoms with E-state index in [0.717, 1.165) is 44.1 Å². The van der Waals surface area contributed by atoms with Crippen LogP contribution in [0.2, 0.25) is 0 Å². The van der Waals surface area contributed by atoms with Gasteiger partial charge >= 0.3 is 0 Å². The molecule has 28 heavy (non-hydrogen) atoms. The summed E-state index contributed by atoms with van der Waals surface area (Å²) in [5.41, 5.74) is -0.0889. The Morgan fingerprint density at radius 2 is 1.86 bits per heavy atom. The highest BCUT2D eigenvalue weighted by molar-refractivity contribution is 5.78. The monoisotopic (exact) mass is 384 g/mol. The second-order valence-electron chi connectivity index (χ2n) is 9.50. The normalized spacial score (nSPS) is 33.6. The van der Waals surface area contributed by atoms with Crippen molar-refractivity contribution in [3.05, 3.63) is 22.7 Å². The summed E-state index contributed by atoms with van der Waals surface area (Å²) in [6.07, 6.45) is 13.6. The van der Waals surface area contributed by atoms with Crippen LogP contribution < -0.4 is 10.5 Å². The second-order valence-corrected chi connectivity index (χ2v) is 9.50. The zero-order chi connectivity index (χ0) is 19.1. The number of aromatic amines is 1. The first kappa shape index (κ1) is 18.2. The van der Waals surface area contributed by atoms with Gasteiger partial charge in [0.15, 0.2) is 0 Å². The van der Waals surface area contributed by atoms with E-state index in [1.165, 1.54) is 51.3 Å². The summed E-state index contributed by atoms with van der Waals surface area (Å²) in [5, 5.41) is 0. The average molecular weight is 385 g/mol. The highest BCUT2D eigenvalue weighted by atomic mass is 16.2. The molecule has 0 aromatic carbocycles. The van der Waals surface area contributed by atoms with Crippen LogP contribution in [0.3, 0.4) is 0 Å². The van der Waals surface area contributed by atoms with E-state index in [1.807, 2.05) is 0 Å². The summed E-state index contributed by atoms with van der Waals surface area (Å²) >= 11 is 0. The summed E-state index contributed by atoms with van der Waals surface area (Å²) < 4.78 is 0. The molecule has 0 unspecified atom stereocenters. The number of rotatable bonds is 3. The minimum atomic E-state index is -0.0889. The SMILES string of the molecule is O=C1CCC[C@H]2[C@@H]3C[C@@H](CN(c4cc(=O)[nH]cn4)C3)[C@H](CC3CCCCC3)N12. The van der Waals surface area contributed by atoms with Crippen LogP contribution in [0.1, 0.15) is 64.2 Å². The molecule has 1 N–H and O–H groups in total. The van der Waals surface area contributed by atoms with Gasteiger partial charge in [-0.3, -0.25) is 9.59 Å². The number of carbonyl (C=O) groups excluding carboxylic acids is 1. The number of nitrogens with one attached hydrogen (secondary N) is 1. The topological polar surface area (TPSA) is 69.3 Å². The molecule has 1 aromatic heterocycles. The predicted octanol–water partition coefficient (Wildman–Crippen LogP) is 2.95. The molecule has 3 saturated heterocycles. The summed E-state index contributed by atoms with van der Waals surface area (Å²) in [6.45, 7) is 1.83. The third-order valence-corrected chi connectivity index (χ3v) is 7.78. The van der Waals surface area contributed by atoms with Gasteiger partial charge in [0.25, 0.3) is 5.56 Å². The van der Waals surface area contributed by atoms with Crippen molar-refractivity contribution in [3.8, 4) is 0 Å². The van der Waals surface area contributed by atoms with E-state index < -0.39 is 0 Å². The fourth-order valence-corrected chi connectivity index (χ4v) is 6.56. The van der Waals surface area contributed by atoms with E-state index in [-0.39, 0.29) is 5.56 Å². The van der Waals surface area contributed by atoms with E-state index >= 15 is 0 Å². The number of hydrogen-bond acceptors (Lipinski definition) is 4. The van der Waals surface area contributed by atoms with Gasteiger partial charge in [0.2, 0.25) is 5.91 Å². The first-order chi connectivity index (χ1) is 13.7. The lowest BCUT2D eigenvalue weighted by Gasteiger charge is -2.57. The highest BCUT2D eigenvalue weighted by Crippen LogP contribution is 2.45. The van der Waals surface area contributed by atoms with Crippen molar-refractivity contribution in [2.24, 2.45) is 17.8 Å². The maximum Gasteiger partial charge on any atom is 0.252 e. The Morgan fingerprint density at radius 1 is 1.04 bits per heavy atom. The van der Waals surface area contributed by atoms with Crippen molar-refractivity contribution in [2.45, 2.75) is 76.3 Å². The van der Waals surface area contributed by atoms with Crippen molar-refractivity contribution < 1.29 is 4.79 Å². The third kappa shape index (κ3) is 3.35. The van der Waals surface area contributed by atoms with Crippen LogP contribution in [-0.4, -0.2) is 45.9 Å². The molecule has 152 valence electrons. The van der Waals surface area contributed by atoms with Crippen LogP contribution in [-0.2, 0) is 4.79 Å². The van der Waals surface area contributed by atoms with Gasteiger partial charge in [-0.05, 0) is 43.4 Å². The van der Waals surface area contributed by atoms with Gasteiger partial charge in [0.05, 0.1) is 6.33 Å². The summed E-state index contributed by atoms with van der Waals surface area (Å²) in [4.78, 5) is 36.5. The third-order valence-electron chi connectivity index (χ3n) is 7.78. The van der Waals surface area contributed by atoms with Crippen LogP contribution in [0.5, 0.6) is 0 Å². The summed E-state index contributed by atoms with van der Waals surface area (Å²) in [6, 6.07) is 2.39. The molecular weight excluding hydrogens is 352 g/mol. The Morgan fingerprint density at radius 3 is 2.68 bits per heavy atom. The first-order valence-corrected chi connectivity index (χ1v) is 11.3. The zero-order valence-corrected chi connectivity index (χ0v) is 16.7. The lowest BCUT2D eigenvalue weighted by Crippen LogP contribution is -2.65. The number of anilines is 1. The molecule has 0 radical (unpaired) electrons. The number of aromatic nitrogens is 2. The standard InChI is InChI=1S/C22H32N4O2/c27-21-11-20(23-14-24-21)25-12-16-10-17(13-25)19(9-15-5-2-1-3-6-15)26-18(16)7-4-8-22(26)28/h11,14-19H,1-10,12-13H2,(H,23,24,27)/t16-,17+,18+,19+/m1/s1. The number of nitrogens with zero attached hydrogens (tertiary/aromatic N) is 3. The smallest absolute Gasteiger partial charge is 0.252 e. The van der Waals surface area contributed by atoms with Crippen LogP contribution in [0.15, 0.2) is 17.2 Å². The van der Waals surface area contributed by atoms with Gasteiger partial charge in [0.1, 0.15) is 5.82 Å². The van der Waals surface area contributed by atoms with Crippen LogP contribution in [0.4, 0.5) is 5.82 Å². The van der Waals surface area contributed by atoms with E-state index in [1.54, 1.807) is 6.07 Å². The lowest BCUT2D eigenvalue weighted by atomic mass is 9.69. The molecule has 4 aliphatic rings. The fourth-order valence-electron chi connectivity index (χ4n) is 6.56. The average Bonchev–Trinajstić information content (AvgIpc) is 2.72. The largest absolute Gasteiger partial charge is 0.356 e. The van der Waals surface area contributed by atoms with Crippen molar-refractivity contribution in [1.82, 2.24) is 14.9 Å². The van der Waals surface area contributed by atoms with Gasteiger partial charge in [-0.15, -0.1) is 0 Å². The van der Waals surface area contributed by atoms with Crippen LogP contribution >= 0.6 is 0 Å². The van der Waals surface area contributed by atoms with Gasteiger partial charge in [-0.2, -0.15) is 0 Å². The van der Waals surface area contributed by atoms with Crippen molar-refractivity contribution in [1.29, 1.82) is 0 Å². The molecule has 1 aliphatic carbocycles. The molecule has 5 rings (SSSR count). The Balaban J connectivity index is 1.42. The summed E-state index contributed by atoms with van der Waals surface area (Å²) in [5.74, 6) is 2.98. The van der Waals surface area contributed by atoms with E-state index in [2.05, 4.69) is 19.8 Å². The molecular formula is C22H32N4O2. The number of hydrogen-bond donors (Lipinski definition) is 1. The Hall–Kier alpha value is -1.85. The Labute approximate surface area is 166 Å². The van der Waals surface area contributed by atoms with Crippen molar-refractivity contribution in [3.63, 3.8) is 0 Å². The minimum absolute atomic E-state index is 0.0889. The molecule has 1 saturated carbocycles. The van der Waals surface area contributed by atoms with Crippen molar-refractivity contribution in [2.75, 3.05) is 18.0 Å². The number of piperidine rings is 3. The molecule has 1 aromatic rings. The van der Waals surface area contributed by atoms with Crippen molar-refractivity contribution >= 4 is 11.7 Å². The van der Waals surface area contributed by atoms with Gasteiger partial charge in [-0.25, -0.2) is 4.98 Å². The minimum Gasteiger partial charge on any atom is -0.356 e. The lowest BCUT2D eigenvalue weighted by molar-refractivity contribution is -0.149. The molecule has 6 nitrogen and oxygen atoms in total. The van der Waals surface area contributed by atoms with Gasteiger partial charge in [-0.1, -0.05) is 32.1 Å². The van der Waals surface area contributed by atoms with Crippen LogP contribution in [0.25, 0.3) is 0 Å². The molecule has 1 amide bonds. The number of carbonyl (C=O) groups is 1. The second kappa shape index (κ2) is 7.53. The highest BCUT2D eigenvalue weighted by Gasteiger charge is 2.49. The Kier molecular flexibility index (Phi) is 4.89. The van der Waals surface area contributed by atoms with E-state index in [9.17, 15) is 9.59 Å². The number of amides is 1.